The average Bonchev–Trinajstić information content (AvgIpc) is 2.16. The Kier molecular flexibility index (Phi) is 8.41. The van der Waals surface area contributed by atoms with E-state index in [1.807, 2.05) is 0 Å². The summed E-state index contributed by atoms with van der Waals surface area (Å²) in [5, 5.41) is 8.81. The van der Waals surface area contributed by atoms with Gasteiger partial charge in [-0.2, -0.15) is 0 Å². The van der Waals surface area contributed by atoms with Gasteiger partial charge in [-0.25, -0.2) is 0 Å². The SMILES string of the molecule is O=C(CBr)COCCCC(Br)C(=O)O. The lowest BCUT2D eigenvalue weighted by atomic mass is 10.2. The monoisotopic (exact) mass is 330 g/mol. The number of Topliss-reactive ketones (excluding diaryl/α,β-unsaturated/α-hetero) is 1. The van der Waals surface area contributed by atoms with E-state index in [2.05, 4.69) is 31.9 Å². The van der Waals surface area contributed by atoms with Crippen molar-refractivity contribution >= 4 is 43.6 Å². The summed E-state index contributed by atoms with van der Waals surface area (Å²) in [5.74, 6) is -0.889. The number of carbonyl (C=O) groups is 2. The molecule has 0 bridgehead atoms. The zero-order valence-electron chi connectivity index (χ0n) is 7.54. The fourth-order valence-electron chi connectivity index (χ4n) is 0.713. The van der Waals surface area contributed by atoms with Crippen LogP contribution in [0.1, 0.15) is 12.8 Å². The number of carboxylic acids is 1. The second kappa shape index (κ2) is 8.38. The molecular weight excluding hydrogens is 320 g/mol. The van der Waals surface area contributed by atoms with Crippen molar-refractivity contribution in [3.8, 4) is 0 Å². The first kappa shape index (κ1) is 14.1. The zero-order valence-corrected chi connectivity index (χ0v) is 10.7. The van der Waals surface area contributed by atoms with Gasteiger partial charge in [0.25, 0.3) is 0 Å². The third-order valence-electron chi connectivity index (χ3n) is 1.43. The summed E-state index contributed by atoms with van der Waals surface area (Å²) in [6.07, 6.45) is 1.12. The highest BCUT2D eigenvalue weighted by Gasteiger charge is 2.11. The van der Waals surface area contributed by atoms with Gasteiger partial charge in [0, 0.05) is 6.61 Å². The normalized spacial score (nSPS) is 12.4. The van der Waals surface area contributed by atoms with Crippen molar-refractivity contribution in [1.82, 2.24) is 0 Å². The summed E-state index contributed by atoms with van der Waals surface area (Å²) in [6.45, 7) is 0.499. The number of hydrogen-bond donors (Lipinski definition) is 1. The van der Waals surface area contributed by atoms with Crippen molar-refractivity contribution in [1.29, 1.82) is 0 Å². The minimum Gasteiger partial charge on any atom is -0.480 e. The van der Waals surface area contributed by atoms with Crippen LogP contribution < -0.4 is 0 Å². The molecule has 1 unspecified atom stereocenters. The summed E-state index contributed by atoms with van der Waals surface area (Å²) in [5.41, 5.74) is 0. The van der Waals surface area contributed by atoms with Gasteiger partial charge in [-0.3, -0.25) is 9.59 Å². The Balaban J connectivity index is 3.30. The highest BCUT2D eigenvalue weighted by Crippen LogP contribution is 2.07. The lowest BCUT2D eigenvalue weighted by Crippen LogP contribution is -2.14. The van der Waals surface area contributed by atoms with Crippen molar-refractivity contribution in [2.45, 2.75) is 17.7 Å². The van der Waals surface area contributed by atoms with Crippen LogP contribution in [0.25, 0.3) is 0 Å². The number of rotatable bonds is 8. The highest BCUT2D eigenvalue weighted by molar-refractivity contribution is 9.10. The molecule has 6 heteroatoms. The first-order valence-corrected chi connectivity index (χ1v) is 6.14. The molecule has 0 aromatic carbocycles. The fourth-order valence-corrected chi connectivity index (χ4v) is 1.20. The van der Waals surface area contributed by atoms with Gasteiger partial charge in [-0.05, 0) is 12.8 Å². The predicted molar refractivity (Wildman–Crippen MR) is 59.2 cm³/mol. The van der Waals surface area contributed by atoms with Gasteiger partial charge < -0.3 is 9.84 Å². The Morgan fingerprint density at radius 1 is 1.43 bits per heavy atom. The van der Waals surface area contributed by atoms with E-state index in [0.717, 1.165) is 0 Å². The van der Waals surface area contributed by atoms with Crippen LogP contribution in [-0.4, -0.2) is 40.2 Å². The molecule has 0 aromatic rings. The van der Waals surface area contributed by atoms with Crippen LogP contribution in [0.3, 0.4) is 0 Å². The first-order chi connectivity index (χ1) is 6.57. The molecule has 4 nitrogen and oxygen atoms in total. The summed E-state index contributed by atoms with van der Waals surface area (Å²) in [4.78, 5) is 20.6. The minimum absolute atomic E-state index is 0.0152. The largest absolute Gasteiger partial charge is 0.480 e. The molecule has 0 saturated heterocycles. The number of aliphatic carboxylic acids is 1. The maximum Gasteiger partial charge on any atom is 0.317 e. The second-order valence-corrected chi connectivity index (χ2v) is 4.34. The molecule has 0 aliphatic carbocycles. The average molecular weight is 332 g/mol. The van der Waals surface area contributed by atoms with Crippen molar-refractivity contribution in [3.05, 3.63) is 0 Å². The zero-order chi connectivity index (χ0) is 11.0. The van der Waals surface area contributed by atoms with E-state index in [-0.39, 0.29) is 12.4 Å². The van der Waals surface area contributed by atoms with Gasteiger partial charge in [-0.15, -0.1) is 0 Å². The lowest BCUT2D eigenvalue weighted by molar-refractivity contribution is -0.136. The topological polar surface area (TPSA) is 63.6 Å². The summed E-state index contributed by atoms with van der Waals surface area (Å²) in [7, 11) is 0. The van der Waals surface area contributed by atoms with Gasteiger partial charge in [0.15, 0.2) is 5.78 Å². The predicted octanol–water partition coefficient (Wildman–Crippen LogP) is 1.60. The van der Waals surface area contributed by atoms with Crippen molar-refractivity contribution in [2.75, 3.05) is 18.5 Å². The van der Waals surface area contributed by atoms with Crippen LogP contribution in [0.2, 0.25) is 0 Å². The quantitative estimate of drug-likeness (QED) is 0.542. The molecule has 0 rings (SSSR count). The van der Waals surface area contributed by atoms with E-state index in [4.69, 9.17) is 9.84 Å². The molecule has 1 atom stereocenters. The number of hydrogen-bond acceptors (Lipinski definition) is 3. The van der Waals surface area contributed by atoms with E-state index < -0.39 is 10.8 Å². The third kappa shape index (κ3) is 7.46. The maximum absolute atomic E-state index is 10.7. The molecule has 14 heavy (non-hydrogen) atoms. The summed E-state index contributed by atoms with van der Waals surface area (Å²) in [6, 6.07) is 0. The molecule has 0 aliphatic heterocycles. The number of ketones is 1. The van der Waals surface area contributed by atoms with Crippen LogP contribution in [0.4, 0.5) is 0 Å². The second-order valence-electron chi connectivity index (χ2n) is 2.67. The van der Waals surface area contributed by atoms with Crippen LogP contribution in [0, 0.1) is 0 Å². The number of carboxylic acid groups (broad SMARTS) is 1. The molecule has 0 aromatic heterocycles. The van der Waals surface area contributed by atoms with E-state index in [0.29, 0.717) is 24.8 Å². The maximum atomic E-state index is 10.7. The molecule has 0 amide bonds. The summed E-state index contributed by atoms with van der Waals surface area (Å²) >= 11 is 6.02. The van der Waals surface area contributed by atoms with Gasteiger partial charge in [0.05, 0.1) is 5.33 Å². The van der Waals surface area contributed by atoms with Gasteiger partial charge in [0.1, 0.15) is 11.4 Å². The van der Waals surface area contributed by atoms with Crippen LogP contribution >= 0.6 is 31.9 Å². The molecular formula is C8H12Br2O4. The van der Waals surface area contributed by atoms with E-state index in [1.165, 1.54) is 0 Å². The first-order valence-electron chi connectivity index (χ1n) is 4.10. The Morgan fingerprint density at radius 3 is 2.57 bits per heavy atom. The molecule has 0 heterocycles. The molecule has 0 radical (unpaired) electrons. The molecule has 1 N–H and O–H groups in total. The third-order valence-corrected chi connectivity index (χ3v) is 2.90. The smallest absolute Gasteiger partial charge is 0.317 e. The molecule has 82 valence electrons. The summed E-state index contributed by atoms with van der Waals surface area (Å²) < 4.78 is 5.02. The van der Waals surface area contributed by atoms with Crippen molar-refractivity contribution in [2.24, 2.45) is 0 Å². The standard InChI is InChI=1S/C8H12Br2O4/c9-4-6(11)5-14-3-1-2-7(10)8(12)13/h7H,1-5H2,(H,12,13). The fraction of sp³-hybridized carbons (Fsp3) is 0.750. The van der Waals surface area contributed by atoms with Crippen molar-refractivity contribution < 1.29 is 19.4 Å². The Labute approximate surface area is 99.3 Å². The lowest BCUT2D eigenvalue weighted by Gasteiger charge is -2.04. The Hall–Kier alpha value is 0.0600. The number of halogens is 2. The van der Waals surface area contributed by atoms with Crippen LogP contribution in [0.5, 0.6) is 0 Å². The Bertz CT molecular complexity index is 196. The number of carbonyl (C=O) groups excluding carboxylic acids is 1. The van der Waals surface area contributed by atoms with E-state index in [1.54, 1.807) is 0 Å². The van der Waals surface area contributed by atoms with Crippen molar-refractivity contribution in [3.63, 3.8) is 0 Å². The van der Waals surface area contributed by atoms with Gasteiger partial charge in [-0.1, -0.05) is 31.9 Å². The van der Waals surface area contributed by atoms with Crippen LogP contribution in [-0.2, 0) is 14.3 Å². The minimum atomic E-state index is -0.874. The Morgan fingerprint density at radius 2 is 2.07 bits per heavy atom. The molecule has 0 aliphatic rings. The van der Waals surface area contributed by atoms with Crippen LogP contribution in [0.15, 0.2) is 0 Å². The highest BCUT2D eigenvalue weighted by atomic mass is 79.9. The van der Waals surface area contributed by atoms with E-state index >= 15 is 0 Å². The molecule has 0 saturated carbocycles. The molecule has 0 spiro atoms. The van der Waals surface area contributed by atoms with Gasteiger partial charge >= 0.3 is 5.97 Å². The van der Waals surface area contributed by atoms with E-state index in [9.17, 15) is 9.59 Å². The molecule has 0 fully saturated rings. The number of ether oxygens (including phenoxy) is 1. The number of alkyl halides is 2. The van der Waals surface area contributed by atoms with Gasteiger partial charge in [0.2, 0.25) is 0 Å².